The molecule has 0 aliphatic carbocycles. The second-order valence-electron chi connectivity index (χ2n) is 3.32. The summed E-state index contributed by atoms with van der Waals surface area (Å²) >= 11 is 13.0. The molecule has 0 N–H and O–H groups in total. The lowest BCUT2D eigenvalue weighted by Crippen LogP contribution is -1.88. The van der Waals surface area contributed by atoms with E-state index < -0.39 is 0 Å². The van der Waals surface area contributed by atoms with Crippen LogP contribution >= 0.6 is 43.5 Å². The zero-order chi connectivity index (χ0) is 11.5. The van der Waals surface area contributed by atoms with Gasteiger partial charge in [0, 0.05) is 21.6 Å². The molecule has 2 aromatic rings. The highest BCUT2D eigenvalue weighted by molar-refractivity contribution is 9.10. The number of hydrogen-bond acceptors (Lipinski definition) is 1. The Morgan fingerprint density at radius 2 is 2.06 bits per heavy atom. The number of hydrogen-bond donors (Lipinski definition) is 0. The molecule has 0 bridgehead atoms. The summed E-state index contributed by atoms with van der Waals surface area (Å²) < 4.78 is 1.02. The molecule has 0 amide bonds. The van der Waals surface area contributed by atoms with Gasteiger partial charge in [0.05, 0.1) is 10.7 Å². The van der Waals surface area contributed by atoms with Gasteiger partial charge in [0.1, 0.15) is 0 Å². The Labute approximate surface area is 116 Å². The van der Waals surface area contributed by atoms with Crippen LogP contribution in [0.1, 0.15) is 5.56 Å². The molecule has 0 fully saturated rings. The van der Waals surface area contributed by atoms with Crippen LogP contribution in [0.5, 0.6) is 0 Å². The topological polar surface area (TPSA) is 12.9 Å². The van der Waals surface area contributed by atoms with Crippen LogP contribution in [0.2, 0.25) is 5.02 Å². The first-order chi connectivity index (χ1) is 7.70. The maximum atomic E-state index is 6.20. The van der Waals surface area contributed by atoms with Crippen LogP contribution in [0.15, 0.2) is 41.0 Å². The van der Waals surface area contributed by atoms with Gasteiger partial charge in [-0.05, 0) is 23.8 Å². The summed E-state index contributed by atoms with van der Waals surface area (Å²) in [6.45, 7) is 0. The number of pyridine rings is 1. The van der Waals surface area contributed by atoms with E-state index in [0.29, 0.717) is 5.02 Å². The van der Waals surface area contributed by atoms with Crippen LogP contribution in [0.4, 0.5) is 0 Å². The van der Waals surface area contributed by atoms with Crippen molar-refractivity contribution in [3.05, 3.63) is 51.6 Å². The summed E-state index contributed by atoms with van der Waals surface area (Å²) in [5, 5.41) is 1.44. The van der Waals surface area contributed by atoms with E-state index in [9.17, 15) is 0 Å². The molecule has 1 nitrogen and oxygen atoms in total. The Morgan fingerprint density at radius 3 is 2.69 bits per heavy atom. The smallest absolute Gasteiger partial charge is 0.0888 e. The quantitative estimate of drug-likeness (QED) is 0.682. The van der Waals surface area contributed by atoms with E-state index in [1.54, 1.807) is 0 Å². The highest BCUT2D eigenvalue weighted by atomic mass is 79.9. The Kier molecular flexibility index (Phi) is 4.00. The van der Waals surface area contributed by atoms with Crippen molar-refractivity contribution in [1.29, 1.82) is 0 Å². The number of alkyl halides is 1. The number of benzene rings is 1. The third-order valence-corrected chi connectivity index (χ3v) is 3.58. The van der Waals surface area contributed by atoms with Gasteiger partial charge in [-0.3, -0.25) is 4.98 Å². The van der Waals surface area contributed by atoms with E-state index in [4.69, 9.17) is 11.6 Å². The summed E-state index contributed by atoms with van der Waals surface area (Å²) in [5.74, 6) is 0. The molecule has 82 valence electrons. The summed E-state index contributed by atoms with van der Waals surface area (Å²) in [6, 6.07) is 9.87. The van der Waals surface area contributed by atoms with Crippen molar-refractivity contribution in [2.45, 2.75) is 5.33 Å². The van der Waals surface area contributed by atoms with E-state index in [2.05, 4.69) is 36.8 Å². The maximum Gasteiger partial charge on any atom is 0.0888 e. The fraction of sp³-hybridized carbons (Fsp3) is 0.0833. The standard InChI is InChI=1S/C12H8Br2ClN/c13-6-8-4-11(15)12(16-7-8)9-2-1-3-10(14)5-9/h1-5,7H,6H2. The van der Waals surface area contributed by atoms with Crippen molar-refractivity contribution in [3.63, 3.8) is 0 Å². The molecule has 16 heavy (non-hydrogen) atoms. The number of nitrogens with zero attached hydrogens (tertiary/aromatic N) is 1. The minimum Gasteiger partial charge on any atom is -0.254 e. The Morgan fingerprint density at radius 1 is 1.25 bits per heavy atom. The molecule has 0 spiro atoms. The summed E-state index contributed by atoms with van der Waals surface area (Å²) in [4.78, 5) is 4.38. The largest absolute Gasteiger partial charge is 0.254 e. The van der Waals surface area contributed by atoms with Crippen molar-refractivity contribution in [3.8, 4) is 11.3 Å². The molecule has 1 aromatic carbocycles. The molecule has 0 radical (unpaired) electrons. The average Bonchev–Trinajstić information content (AvgIpc) is 2.28. The fourth-order valence-corrected chi connectivity index (χ4v) is 2.40. The molecule has 0 aliphatic heterocycles. The summed E-state index contributed by atoms with van der Waals surface area (Å²) in [6.07, 6.45) is 1.83. The van der Waals surface area contributed by atoms with Crippen molar-refractivity contribution in [2.24, 2.45) is 0 Å². The first-order valence-electron chi connectivity index (χ1n) is 4.67. The second kappa shape index (κ2) is 5.30. The van der Waals surface area contributed by atoms with Gasteiger partial charge < -0.3 is 0 Å². The van der Waals surface area contributed by atoms with Crippen LogP contribution in [0.3, 0.4) is 0 Å². The highest BCUT2D eigenvalue weighted by Crippen LogP contribution is 2.28. The molecule has 0 saturated carbocycles. The van der Waals surface area contributed by atoms with Gasteiger partial charge >= 0.3 is 0 Å². The van der Waals surface area contributed by atoms with Gasteiger partial charge in [0.15, 0.2) is 0 Å². The number of rotatable bonds is 2. The molecule has 0 aliphatic rings. The average molecular weight is 361 g/mol. The minimum absolute atomic E-state index is 0.676. The van der Waals surface area contributed by atoms with Crippen molar-refractivity contribution >= 4 is 43.5 Å². The van der Waals surface area contributed by atoms with E-state index in [0.717, 1.165) is 26.6 Å². The Hall–Kier alpha value is -0.380. The van der Waals surface area contributed by atoms with Gasteiger partial charge in [-0.1, -0.05) is 55.6 Å². The molecule has 0 saturated heterocycles. The lowest BCUT2D eigenvalue weighted by molar-refractivity contribution is 1.26. The molecule has 1 heterocycles. The van der Waals surface area contributed by atoms with Crippen LogP contribution in [0.25, 0.3) is 11.3 Å². The molecule has 2 rings (SSSR count). The van der Waals surface area contributed by atoms with Gasteiger partial charge in [-0.25, -0.2) is 0 Å². The highest BCUT2D eigenvalue weighted by Gasteiger charge is 2.06. The van der Waals surface area contributed by atoms with Crippen LogP contribution in [0, 0.1) is 0 Å². The van der Waals surface area contributed by atoms with Gasteiger partial charge in [0.25, 0.3) is 0 Å². The van der Waals surface area contributed by atoms with Gasteiger partial charge in [0.2, 0.25) is 0 Å². The van der Waals surface area contributed by atoms with E-state index in [1.165, 1.54) is 0 Å². The van der Waals surface area contributed by atoms with Gasteiger partial charge in [-0.2, -0.15) is 0 Å². The summed E-state index contributed by atoms with van der Waals surface area (Å²) in [5.41, 5.74) is 2.90. The van der Waals surface area contributed by atoms with E-state index in [1.807, 2.05) is 36.5 Å². The number of aromatic nitrogens is 1. The van der Waals surface area contributed by atoms with Crippen LogP contribution < -0.4 is 0 Å². The lowest BCUT2D eigenvalue weighted by atomic mass is 10.1. The second-order valence-corrected chi connectivity index (χ2v) is 5.20. The predicted octanol–water partition coefficient (Wildman–Crippen LogP) is 5.06. The maximum absolute atomic E-state index is 6.20. The monoisotopic (exact) mass is 359 g/mol. The Bertz CT molecular complexity index is 514. The lowest BCUT2D eigenvalue weighted by Gasteiger charge is -2.05. The van der Waals surface area contributed by atoms with Crippen molar-refractivity contribution < 1.29 is 0 Å². The zero-order valence-corrected chi connectivity index (χ0v) is 12.2. The van der Waals surface area contributed by atoms with E-state index in [-0.39, 0.29) is 0 Å². The molecular weight excluding hydrogens is 353 g/mol. The van der Waals surface area contributed by atoms with Crippen molar-refractivity contribution in [1.82, 2.24) is 4.98 Å². The molecule has 1 aromatic heterocycles. The SMILES string of the molecule is Clc1cc(CBr)cnc1-c1cccc(Br)c1. The molecular formula is C12H8Br2ClN. The third kappa shape index (κ3) is 2.65. The minimum atomic E-state index is 0.676. The van der Waals surface area contributed by atoms with Crippen LogP contribution in [-0.4, -0.2) is 4.98 Å². The zero-order valence-electron chi connectivity index (χ0n) is 8.25. The van der Waals surface area contributed by atoms with E-state index >= 15 is 0 Å². The Balaban J connectivity index is 2.48. The first-order valence-corrected chi connectivity index (χ1v) is 6.96. The molecule has 0 unspecified atom stereocenters. The first kappa shape index (κ1) is 12.1. The fourth-order valence-electron chi connectivity index (χ4n) is 1.40. The number of halogens is 3. The van der Waals surface area contributed by atoms with Crippen molar-refractivity contribution in [2.75, 3.05) is 0 Å². The van der Waals surface area contributed by atoms with Crippen LogP contribution in [-0.2, 0) is 5.33 Å². The molecule has 4 heteroatoms. The third-order valence-electron chi connectivity index (χ3n) is 2.15. The summed E-state index contributed by atoms with van der Waals surface area (Å²) in [7, 11) is 0. The normalized spacial score (nSPS) is 10.4. The molecule has 0 atom stereocenters. The predicted molar refractivity (Wildman–Crippen MR) is 75.0 cm³/mol. The van der Waals surface area contributed by atoms with Gasteiger partial charge in [-0.15, -0.1) is 0 Å².